The topological polar surface area (TPSA) is 61.8 Å². The fourth-order valence-electron chi connectivity index (χ4n) is 2.22. The summed E-state index contributed by atoms with van der Waals surface area (Å²) in [4.78, 5) is 13.4. The van der Waals surface area contributed by atoms with Crippen molar-refractivity contribution in [3.63, 3.8) is 0 Å². The molecular weight excluding hydrogens is 244 g/mol. The molecule has 0 spiro atoms. The van der Waals surface area contributed by atoms with Gasteiger partial charge < -0.3 is 15.2 Å². The number of carbonyl (C=O) groups excluding carboxylic acids is 1. The molecular formula is C14H20N2O3. The second-order valence-corrected chi connectivity index (χ2v) is 4.65. The molecule has 2 rings (SSSR count). The summed E-state index contributed by atoms with van der Waals surface area (Å²) in [5.41, 5.74) is 1.92. The maximum absolute atomic E-state index is 11.1. The Kier molecular flexibility index (Phi) is 4.90. The summed E-state index contributed by atoms with van der Waals surface area (Å²) in [6.45, 7) is 5.15. The molecule has 1 fully saturated rings. The van der Waals surface area contributed by atoms with Gasteiger partial charge in [0.2, 0.25) is 5.91 Å². The lowest BCUT2D eigenvalue weighted by molar-refractivity contribution is -0.118. The number of aliphatic hydroxyl groups is 1. The van der Waals surface area contributed by atoms with Gasteiger partial charge in [-0.2, -0.15) is 0 Å². The first-order valence-electron chi connectivity index (χ1n) is 6.53. The van der Waals surface area contributed by atoms with E-state index in [2.05, 4.69) is 17.1 Å². The van der Waals surface area contributed by atoms with Gasteiger partial charge in [-0.15, -0.1) is 0 Å². The van der Waals surface area contributed by atoms with Gasteiger partial charge in [0.05, 0.1) is 13.2 Å². The van der Waals surface area contributed by atoms with Gasteiger partial charge in [-0.1, -0.05) is 12.1 Å². The van der Waals surface area contributed by atoms with E-state index < -0.39 is 12.5 Å². The summed E-state index contributed by atoms with van der Waals surface area (Å²) in [5, 5.41) is 11.3. The molecule has 1 aliphatic heterocycles. The van der Waals surface area contributed by atoms with Crippen LogP contribution in [0.15, 0.2) is 24.3 Å². The van der Waals surface area contributed by atoms with E-state index in [1.165, 1.54) is 5.56 Å². The van der Waals surface area contributed by atoms with Crippen LogP contribution in [-0.4, -0.2) is 48.8 Å². The summed E-state index contributed by atoms with van der Waals surface area (Å²) in [6.07, 6.45) is 0. The Labute approximate surface area is 113 Å². The molecule has 104 valence electrons. The van der Waals surface area contributed by atoms with Crippen LogP contribution in [0.5, 0.6) is 0 Å². The molecule has 1 heterocycles. The number of rotatable bonds is 4. The maximum Gasteiger partial charge on any atom is 0.250 e. The van der Waals surface area contributed by atoms with Crippen molar-refractivity contribution >= 4 is 11.6 Å². The smallest absolute Gasteiger partial charge is 0.250 e. The Bertz CT molecular complexity index is 413. The number of nitrogens with one attached hydrogen (secondary N) is 1. The lowest BCUT2D eigenvalue weighted by Gasteiger charge is -2.32. The normalized spacial score (nSPS) is 18.0. The number of aliphatic hydroxyl groups excluding tert-OH is 1. The number of amides is 1. The minimum absolute atomic E-state index is 0.339. The first kappa shape index (κ1) is 14.0. The number of carbonyl (C=O) groups is 1. The summed E-state index contributed by atoms with van der Waals surface area (Å²) in [5.74, 6) is -0.394. The standard InChI is InChI=1S/C14H20N2O3/c1-11(16-6-8-19-9-7-16)12-2-4-13(5-3-12)15-14(18)10-17/h2-5,11,17H,6-10H2,1H3,(H,15,18). The van der Waals surface area contributed by atoms with E-state index in [1.54, 1.807) is 0 Å². The van der Waals surface area contributed by atoms with E-state index >= 15 is 0 Å². The zero-order chi connectivity index (χ0) is 13.7. The highest BCUT2D eigenvalue weighted by molar-refractivity contribution is 5.91. The van der Waals surface area contributed by atoms with E-state index in [-0.39, 0.29) is 0 Å². The average molecular weight is 264 g/mol. The van der Waals surface area contributed by atoms with E-state index in [1.807, 2.05) is 24.3 Å². The van der Waals surface area contributed by atoms with Crippen LogP contribution in [-0.2, 0) is 9.53 Å². The summed E-state index contributed by atoms with van der Waals surface area (Å²) >= 11 is 0. The van der Waals surface area contributed by atoms with Gasteiger partial charge in [-0.3, -0.25) is 9.69 Å². The van der Waals surface area contributed by atoms with Crippen molar-refractivity contribution in [3.05, 3.63) is 29.8 Å². The molecule has 0 aliphatic carbocycles. The van der Waals surface area contributed by atoms with Crippen LogP contribution in [0.3, 0.4) is 0 Å². The first-order chi connectivity index (χ1) is 9.20. The van der Waals surface area contributed by atoms with E-state index in [9.17, 15) is 4.79 Å². The predicted octanol–water partition coefficient (Wildman–Crippen LogP) is 1.01. The quantitative estimate of drug-likeness (QED) is 0.852. The van der Waals surface area contributed by atoms with Crippen LogP contribution < -0.4 is 5.32 Å². The molecule has 19 heavy (non-hydrogen) atoms. The van der Waals surface area contributed by atoms with Gasteiger partial charge >= 0.3 is 0 Å². The van der Waals surface area contributed by atoms with Gasteiger partial charge in [0.15, 0.2) is 0 Å². The number of hydrogen-bond donors (Lipinski definition) is 2. The van der Waals surface area contributed by atoms with Crippen molar-refractivity contribution in [2.24, 2.45) is 0 Å². The molecule has 1 saturated heterocycles. The third-order valence-corrected chi connectivity index (χ3v) is 3.41. The van der Waals surface area contributed by atoms with Crippen LogP contribution in [0.2, 0.25) is 0 Å². The van der Waals surface area contributed by atoms with Crippen LogP contribution >= 0.6 is 0 Å². The lowest BCUT2D eigenvalue weighted by Crippen LogP contribution is -2.38. The Morgan fingerprint density at radius 2 is 2.00 bits per heavy atom. The van der Waals surface area contributed by atoms with E-state index in [0.717, 1.165) is 26.3 Å². The molecule has 5 heteroatoms. The minimum atomic E-state index is -0.494. The van der Waals surface area contributed by atoms with Gasteiger partial charge in [0.25, 0.3) is 0 Å². The van der Waals surface area contributed by atoms with Crippen molar-refractivity contribution in [2.75, 3.05) is 38.2 Å². The molecule has 1 amide bonds. The number of anilines is 1. The summed E-state index contributed by atoms with van der Waals surface area (Å²) in [6, 6.07) is 8.08. The SMILES string of the molecule is CC(c1ccc(NC(=O)CO)cc1)N1CCOCC1. The number of hydrogen-bond acceptors (Lipinski definition) is 4. The summed E-state index contributed by atoms with van der Waals surface area (Å²) in [7, 11) is 0. The predicted molar refractivity (Wildman–Crippen MR) is 73.0 cm³/mol. The second-order valence-electron chi connectivity index (χ2n) is 4.65. The second kappa shape index (κ2) is 6.65. The van der Waals surface area contributed by atoms with Crippen molar-refractivity contribution in [2.45, 2.75) is 13.0 Å². The van der Waals surface area contributed by atoms with Crippen molar-refractivity contribution in [1.29, 1.82) is 0 Å². The van der Waals surface area contributed by atoms with Crippen LogP contribution in [0.4, 0.5) is 5.69 Å². The highest BCUT2D eigenvalue weighted by atomic mass is 16.5. The average Bonchev–Trinajstić information content (AvgIpc) is 2.48. The molecule has 1 aliphatic rings. The molecule has 0 radical (unpaired) electrons. The highest BCUT2D eigenvalue weighted by Crippen LogP contribution is 2.22. The minimum Gasteiger partial charge on any atom is -0.387 e. The van der Waals surface area contributed by atoms with Crippen molar-refractivity contribution in [3.8, 4) is 0 Å². The maximum atomic E-state index is 11.1. The number of benzene rings is 1. The zero-order valence-corrected chi connectivity index (χ0v) is 11.1. The number of nitrogens with zero attached hydrogens (tertiary/aromatic N) is 1. The largest absolute Gasteiger partial charge is 0.387 e. The van der Waals surface area contributed by atoms with Crippen LogP contribution in [0.25, 0.3) is 0 Å². The first-order valence-corrected chi connectivity index (χ1v) is 6.53. The molecule has 1 aromatic rings. The molecule has 5 nitrogen and oxygen atoms in total. The molecule has 0 bridgehead atoms. The monoisotopic (exact) mass is 264 g/mol. The van der Waals surface area contributed by atoms with E-state index in [0.29, 0.717) is 11.7 Å². The van der Waals surface area contributed by atoms with Gasteiger partial charge in [0.1, 0.15) is 6.61 Å². The summed E-state index contributed by atoms with van der Waals surface area (Å²) < 4.78 is 5.35. The van der Waals surface area contributed by atoms with Crippen LogP contribution in [0.1, 0.15) is 18.5 Å². The zero-order valence-electron chi connectivity index (χ0n) is 11.1. The van der Waals surface area contributed by atoms with Crippen LogP contribution in [0, 0.1) is 0 Å². The highest BCUT2D eigenvalue weighted by Gasteiger charge is 2.18. The fraction of sp³-hybridized carbons (Fsp3) is 0.500. The Balaban J connectivity index is 1.98. The van der Waals surface area contributed by atoms with Gasteiger partial charge in [0, 0.05) is 24.8 Å². The molecule has 1 unspecified atom stereocenters. The van der Waals surface area contributed by atoms with Crippen molar-refractivity contribution < 1.29 is 14.6 Å². The lowest BCUT2D eigenvalue weighted by atomic mass is 10.1. The number of ether oxygens (including phenoxy) is 1. The Morgan fingerprint density at radius 3 is 2.58 bits per heavy atom. The van der Waals surface area contributed by atoms with Gasteiger partial charge in [-0.05, 0) is 24.6 Å². The Morgan fingerprint density at radius 1 is 1.37 bits per heavy atom. The third-order valence-electron chi connectivity index (χ3n) is 3.41. The van der Waals surface area contributed by atoms with Crippen molar-refractivity contribution in [1.82, 2.24) is 4.90 Å². The van der Waals surface area contributed by atoms with E-state index in [4.69, 9.17) is 9.84 Å². The molecule has 1 aromatic carbocycles. The molecule has 0 aromatic heterocycles. The molecule has 0 saturated carbocycles. The number of morpholine rings is 1. The third kappa shape index (κ3) is 3.76. The molecule has 1 atom stereocenters. The Hall–Kier alpha value is -1.43. The van der Waals surface area contributed by atoms with Gasteiger partial charge in [-0.25, -0.2) is 0 Å². The fourth-order valence-corrected chi connectivity index (χ4v) is 2.22. The molecule has 2 N–H and O–H groups in total.